The maximum atomic E-state index is 11.6. The normalized spacial score (nSPS) is 11.0. The minimum atomic E-state index is -1.30. The molecule has 0 amide bonds. The maximum absolute atomic E-state index is 11.6. The molecular weight excluding hydrogens is 408 g/mol. The monoisotopic (exact) mass is 434 g/mol. The third-order valence-electron chi connectivity index (χ3n) is 3.58. The van der Waals surface area contributed by atoms with Gasteiger partial charge in [-0.05, 0) is 23.3 Å². The second-order valence-corrected chi connectivity index (χ2v) is 5.60. The summed E-state index contributed by atoms with van der Waals surface area (Å²) >= 11 is 0. The molecule has 4 N–H and O–H groups in total. The van der Waals surface area contributed by atoms with Gasteiger partial charge in [0.1, 0.15) is 27.2 Å². The largest absolute Gasteiger partial charge is 0.478 e. The summed E-state index contributed by atoms with van der Waals surface area (Å²) in [4.78, 5) is 23.0. The lowest BCUT2D eigenvalue weighted by molar-refractivity contribution is -0.117. The molecule has 1 aromatic carbocycles. The van der Waals surface area contributed by atoms with Gasteiger partial charge in [0.2, 0.25) is 0 Å². The molecule has 0 bridgehead atoms. The number of benzene rings is 1. The van der Waals surface area contributed by atoms with E-state index in [-0.39, 0.29) is 69.9 Å². The van der Waals surface area contributed by atoms with Crippen LogP contribution in [-0.4, -0.2) is 86.0 Å². The molecular formula is C18H26O12. The van der Waals surface area contributed by atoms with Crippen LogP contribution in [0.1, 0.15) is 31.8 Å². The van der Waals surface area contributed by atoms with E-state index in [0.717, 1.165) is 6.07 Å². The Bertz CT molecular complexity index is 648. The van der Waals surface area contributed by atoms with Gasteiger partial charge >= 0.3 is 11.9 Å². The summed E-state index contributed by atoms with van der Waals surface area (Å²) in [5.41, 5.74) is 0.240. The number of carboxylic acid groups (broad SMARTS) is 2. The fourth-order valence-corrected chi connectivity index (χ4v) is 2.25. The van der Waals surface area contributed by atoms with Gasteiger partial charge in [-0.25, -0.2) is 9.59 Å². The second kappa shape index (κ2) is 15.6. The predicted octanol–water partition coefficient (Wildman–Crippen LogP) is -0.00280. The number of aromatic carboxylic acids is 2. The summed E-state index contributed by atoms with van der Waals surface area (Å²) in [5, 5.41) is 35.7. The van der Waals surface area contributed by atoms with Crippen molar-refractivity contribution >= 4 is 11.9 Å². The van der Waals surface area contributed by atoms with Crippen LogP contribution in [0.5, 0.6) is 0 Å². The molecule has 0 aliphatic heterocycles. The molecule has 0 unspecified atom stereocenters. The first-order valence-corrected chi connectivity index (χ1v) is 8.81. The Kier molecular flexibility index (Phi) is 13.5. The van der Waals surface area contributed by atoms with Crippen molar-refractivity contribution in [2.24, 2.45) is 0 Å². The molecule has 170 valence electrons. The van der Waals surface area contributed by atoms with Crippen molar-refractivity contribution in [2.45, 2.75) is 13.2 Å². The Morgan fingerprint density at radius 2 is 1.23 bits per heavy atom. The summed E-state index contributed by atoms with van der Waals surface area (Å²) in [6.07, 6.45) is 0. The minimum Gasteiger partial charge on any atom is -0.478 e. The topological polar surface area (TPSA) is 170 Å². The van der Waals surface area contributed by atoms with Gasteiger partial charge in [-0.1, -0.05) is 0 Å². The molecule has 0 aliphatic rings. The van der Waals surface area contributed by atoms with Crippen molar-refractivity contribution in [2.75, 3.05) is 53.6 Å². The molecule has 30 heavy (non-hydrogen) atoms. The van der Waals surface area contributed by atoms with Crippen LogP contribution in [0, 0.1) is 0 Å². The van der Waals surface area contributed by atoms with E-state index in [1.807, 2.05) is 0 Å². The van der Waals surface area contributed by atoms with Crippen LogP contribution in [-0.2, 0) is 41.6 Å². The number of rotatable bonds is 18. The van der Waals surface area contributed by atoms with Crippen LogP contribution >= 0.6 is 0 Å². The van der Waals surface area contributed by atoms with E-state index in [1.165, 1.54) is 6.07 Å². The molecule has 1 aromatic rings. The van der Waals surface area contributed by atoms with Crippen molar-refractivity contribution in [1.82, 2.24) is 0 Å². The van der Waals surface area contributed by atoms with Crippen LogP contribution in [0.3, 0.4) is 0 Å². The van der Waals surface area contributed by atoms with Gasteiger partial charge in [0.15, 0.2) is 0 Å². The van der Waals surface area contributed by atoms with Crippen molar-refractivity contribution in [3.63, 3.8) is 0 Å². The first kappa shape index (κ1) is 25.9. The number of hydrogen-bond donors (Lipinski definition) is 4. The van der Waals surface area contributed by atoms with Gasteiger partial charge in [-0.2, -0.15) is 0 Å². The van der Waals surface area contributed by atoms with Gasteiger partial charge in [-0.15, -0.1) is 0 Å². The highest BCUT2D eigenvalue weighted by atomic mass is 16.7. The van der Waals surface area contributed by atoms with Crippen molar-refractivity contribution < 1.29 is 58.4 Å². The lowest BCUT2D eigenvalue weighted by Crippen LogP contribution is -2.14. The SMILES string of the molecule is O=C(O)c1cc(COCCOCOCO)c(COCCOCOCO)c(C(=O)O)c1. The van der Waals surface area contributed by atoms with E-state index in [9.17, 15) is 19.8 Å². The molecule has 0 saturated heterocycles. The molecule has 1 rings (SSSR count). The van der Waals surface area contributed by atoms with Crippen LogP contribution < -0.4 is 0 Å². The van der Waals surface area contributed by atoms with Crippen LogP contribution in [0.15, 0.2) is 12.1 Å². The Balaban J connectivity index is 2.75. The van der Waals surface area contributed by atoms with E-state index >= 15 is 0 Å². The first-order valence-electron chi connectivity index (χ1n) is 8.81. The molecule has 0 atom stereocenters. The van der Waals surface area contributed by atoms with Gasteiger partial charge in [-0.3, -0.25) is 0 Å². The number of ether oxygens (including phenoxy) is 6. The van der Waals surface area contributed by atoms with E-state index in [1.54, 1.807) is 0 Å². The summed E-state index contributed by atoms with van der Waals surface area (Å²) in [6.45, 7) is -0.777. The lowest BCUT2D eigenvalue weighted by atomic mass is 9.98. The smallest absolute Gasteiger partial charge is 0.336 e. The van der Waals surface area contributed by atoms with E-state index < -0.39 is 25.5 Å². The van der Waals surface area contributed by atoms with Crippen LogP contribution in [0.2, 0.25) is 0 Å². The van der Waals surface area contributed by atoms with Crippen molar-refractivity contribution in [1.29, 1.82) is 0 Å². The highest BCUT2D eigenvalue weighted by Crippen LogP contribution is 2.21. The maximum Gasteiger partial charge on any atom is 0.336 e. The third-order valence-corrected chi connectivity index (χ3v) is 3.58. The Labute approximate surface area is 172 Å². The van der Waals surface area contributed by atoms with E-state index in [2.05, 4.69) is 9.47 Å². The lowest BCUT2D eigenvalue weighted by Gasteiger charge is -2.15. The Hall–Kier alpha value is -2.16. The quantitative estimate of drug-likeness (QED) is 0.180. The van der Waals surface area contributed by atoms with Gasteiger partial charge in [0.25, 0.3) is 0 Å². The number of carbonyl (C=O) groups is 2. The molecule has 12 heteroatoms. The number of hydrogen-bond acceptors (Lipinski definition) is 10. The van der Waals surface area contributed by atoms with Gasteiger partial charge in [0.05, 0.1) is 50.8 Å². The van der Waals surface area contributed by atoms with Gasteiger partial charge < -0.3 is 48.8 Å². The minimum absolute atomic E-state index is 0.0643. The van der Waals surface area contributed by atoms with Crippen LogP contribution in [0.25, 0.3) is 0 Å². The molecule has 0 radical (unpaired) electrons. The van der Waals surface area contributed by atoms with Gasteiger partial charge in [0, 0.05) is 0 Å². The number of aliphatic hydroxyl groups excluding tert-OH is 2. The third kappa shape index (κ3) is 10.0. The molecule has 0 spiro atoms. The molecule has 12 nitrogen and oxygen atoms in total. The Morgan fingerprint density at radius 1 is 0.700 bits per heavy atom. The fraction of sp³-hybridized carbons (Fsp3) is 0.556. The highest BCUT2D eigenvalue weighted by molar-refractivity contribution is 5.95. The summed E-state index contributed by atoms with van der Waals surface area (Å²) in [6, 6.07) is 2.39. The summed E-state index contributed by atoms with van der Waals surface area (Å²) in [5.74, 6) is -2.57. The summed E-state index contributed by atoms with van der Waals surface area (Å²) in [7, 11) is 0. The Morgan fingerprint density at radius 3 is 1.73 bits per heavy atom. The van der Waals surface area contributed by atoms with Crippen molar-refractivity contribution in [3.05, 3.63) is 34.4 Å². The second-order valence-electron chi connectivity index (χ2n) is 5.60. The molecule has 0 aromatic heterocycles. The molecule has 0 fully saturated rings. The fourth-order valence-electron chi connectivity index (χ4n) is 2.25. The molecule has 0 saturated carbocycles. The zero-order chi connectivity index (χ0) is 22.2. The highest BCUT2D eigenvalue weighted by Gasteiger charge is 2.19. The molecule has 0 aliphatic carbocycles. The number of aliphatic hydroxyl groups is 2. The van der Waals surface area contributed by atoms with E-state index in [4.69, 9.17) is 29.2 Å². The van der Waals surface area contributed by atoms with E-state index in [0.29, 0.717) is 5.56 Å². The summed E-state index contributed by atoms with van der Waals surface area (Å²) < 4.78 is 30.1. The zero-order valence-corrected chi connectivity index (χ0v) is 16.3. The zero-order valence-electron chi connectivity index (χ0n) is 16.3. The number of carboxylic acids is 2. The molecule has 0 heterocycles. The average Bonchev–Trinajstić information content (AvgIpc) is 2.72. The predicted molar refractivity (Wildman–Crippen MR) is 97.7 cm³/mol. The standard InChI is InChI=1S/C18H26O12/c19-9-29-11-27-3-1-25-7-14-5-13(17(21)22)6-15(18(23)24)16(14)8-26-2-4-28-12-30-10-20/h5-6,19-20H,1-4,7-12H2,(H,21,22)(H,23,24). The average molecular weight is 434 g/mol. The first-order chi connectivity index (χ1) is 14.5. The van der Waals surface area contributed by atoms with Crippen molar-refractivity contribution in [3.8, 4) is 0 Å². The van der Waals surface area contributed by atoms with Crippen LogP contribution in [0.4, 0.5) is 0 Å².